The molecule has 8 heteroatoms. The van der Waals surface area contributed by atoms with E-state index in [4.69, 9.17) is 5.26 Å². The van der Waals surface area contributed by atoms with E-state index in [9.17, 15) is 9.59 Å². The molecule has 1 atom stereocenters. The van der Waals surface area contributed by atoms with Crippen molar-refractivity contribution in [3.63, 3.8) is 0 Å². The smallest absolute Gasteiger partial charge is 0.239 e. The molecule has 2 aliphatic rings. The van der Waals surface area contributed by atoms with Gasteiger partial charge in [0.1, 0.15) is 11.9 Å². The Morgan fingerprint density at radius 1 is 1.44 bits per heavy atom. The summed E-state index contributed by atoms with van der Waals surface area (Å²) in [6.07, 6.45) is 2.58. The molecule has 0 radical (unpaired) electrons. The second-order valence-corrected chi connectivity index (χ2v) is 6.48. The van der Waals surface area contributed by atoms with E-state index < -0.39 is 0 Å². The Balaban J connectivity index is 1.41. The number of likely N-dealkylation sites (tertiary alicyclic amines) is 1. The van der Waals surface area contributed by atoms with E-state index in [1.54, 1.807) is 23.2 Å². The molecule has 0 aromatic carbocycles. The van der Waals surface area contributed by atoms with Gasteiger partial charge in [0.05, 0.1) is 18.7 Å². The van der Waals surface area contributed by atoms with Gasteiger partial charge in [-0.25, -0.2) is 4.98 Å². The number of hydrogen-bond acceptors (Lipinski definition) is 6. The first-order chi connectivity index (χ1) is 12.1. The first-order valence-electron chi connectivity index (χ1n) is 8.51. The van der Waals surface area contributed by atoms with Crippen molar-refractivity contribution < 1.29 is 9.59 Å². The summed E-state index contributed by atoms with van der Waals surface area (Å²) in [7, 11) is 0. The molecule has 2 aliphatic heterocycles. The highest BCUT2D eigenvalue weighted by atomic mass is 16.2. The number of carbonyl (C=O) groups excluding carboxylic acids is 2. The maximum absolute atomic E-state index is 12.3. The fraction of sp³-hybridized carbons (Fsp3) is 0.529. The summed E-state index contributed by atoms with van der Waals surface area (Å²) >= 11 is 0. The molecule has 25 heavy (non-hydrogen) atoms. The Kier molecular flexibility index (Phi) is 5.46. The zero-order valence-corrected chi connectivity index (χ0v) is 14.1. The number of nitrogens with one attached hydrogen (secondary N) is 2. The number of rotatable bonds is 5. The highest BCUT2D eigenvalue weighted by Crippen LogP contribution is 2.17. The van der Waals surface area contributed by atoms with Crippen molar-refractivity contribution in [1.82, 2.24) is 20.1 Å². The molecule has 3 rings (SSSR count). The average Bonchev–Trinajstić information content (AvgIpc) is 3.08. The van der Waals surface area contributed by atoms with E-state index in [2.05, 4.69) is 20.5 Å². The third-order valence-electron chi connectivity index (χ3n) is 4.58. The van der Waals surface area contributed by atoms with Crippen LogP contribution in [0.5, 0.6) is 0 Å². The summed E-state index contributed by atoms with van der Waals surface area (Å²) in [6.45, 7) is 4.20. The predicted octanol–water partition coefficient (Wildman–Crippen LogP) is -0.355. The fourth-order valence-corrected chi connectivity index (χ4v) is 3.18. The number of nitriles is 1. The van der Waals surface area contributed by atoms with E-state index in [1.807, 2.05) is 6.07 Å². The Morgan fingerprint density at radius 2 is 2.32 bits per heavy atom. The van der Waals surface area contributed by atoms with Crippen molar-refractivity contribution in [2.24, 2.45) is 5.92 Å². The predicted molar refractivity (Wildman–Crippen MR) is 91.6 cm³/mol. The number of piperazine rings is 1. The maximum atomic E-state index is 12.3. The van der Waals surface area contributed by atoms with Gasteiger partial charge in [-0.3, -0.25) is 14.5 Å². The summed E-state index contributed by atoms with van der Waals surface area (Å²) in [5.74, 6) is 1.15. The lowest BCUT2D eigenvalue weighted by Gasteiger charge is -2.28. The van der Waals surface area contributed by atoms with E-state index >= 15 is 0 Å². The van der Waals surface area contributed by atoms with Gasteiger partial charge in [0.2, 0.25) is 11.8 Å². The summed E-state index contributed by atoms with van der Waals surface area (Å²) < 4.78 is 0. The molecular weight excluding hydrogens is 320 g/mol. The monoisotopic (exact) mass is 342 g/mol. The number of aromatic nitrogens is 1. The number of carbonyl (C=O) groups is 2. The summed E-state index contributed by atoms with van der Waals surface area (Å²) in [5, 5.41) is 14.8. The van der Waals surface area contributed by atoms with Gasteiger partial charge in [0.25, 0.3) is 0 Å². The Morgan fingerprint density at radius 3 is 3.04 bits per heavy atom. The molecule has 8 nitrogen and oxygen atoms in total. The third kappa shape index (κ3) is 4.67. The van der Waals surface area contributed by atoms with Crippen molar-refractivity contribution in [2.45, 2.75) is 6.42 Å². The molecule has 0 saturated carbocycles. The van der Waals surface area contributed by atoms with Crippen LogP contribution in [0.15, 0.2) is 18.3 Å². The first kappa shape index (κ1) is 17.2. The highest BCUT2D eigenvalue weighted by Gasteiger charge is 2.27. The SMILES string of the molecule is N#Cc1ccc(NCC2CCN(CC(=O)N3CCNC(=O)C3)C2)nc1. The van der Waals surface area contributed by atoms with E-state index in [1.165, 1.54) is 0 Å². The largest absolute Gasteiger partial charge is 0.370 e. The number of nitrogens with zero attached hydrogens (tertiary/aromatic N) is 4. The molecular formula is C17H22N6O2. The minimum Gasteiger partial charge on any atom is -0.370 e. The van der Waals surface area contributed by atoms with Crippen LogP contribution in [0.4, 0.5) is 5.82 Å². The standard InChI is InChI=1S/C17H22N6O2/c18-7-13-1-2-15(20-8-13)21-9-14-3-5-22(10-14)12-17(25)23-6-4-19-16(24)11-23/h1-2,8,14H,3-6,9-12H2,(H,19,24)(H,20,21). The second-order valence-electron chi connectivity index (χ2n) is 6.48. The van der Waals surface area contributed by atoms with Gasteiger partial charge < -0.3 is 15.5 Å². The van der Waals surface area contributed by atoms with Crippen molar-refractivity contribution in [3.05, 3.63) is 23.9 Å². The highest BCUT2D eigenvalue weighted by molar-refractivity contribution is 5.86. The molecule has 0 spiro atoms. The number of hydrogen-bond donors (Lipinski definition) is 2. The maximum Gasteiger partial charge on any atom is 0.239 e. The lowest BCUT2D eigenvalue weighted by Crippen LogP contribution is -2.52. The Hall–Kier alpha value is -2.66. The summed E-state index contributed by atoms with van der Waals surface area (Å²) in [4.78, 5) is 31.7. The van der Waals surface area contributed by atoms with Crippen LogP contribution in [0.2, 0.25) is 0 Å². The minimum absolute atomic E-state index is 0.0252. The molecule has 1 unspecified atom stereocenters. The van der Waals surface area contributed by atoms with Gasteiger partial charge in [-0.1, -0.05) is 0 Å². The Bertz CT molecular complexity index is 669. The van der Waals surface area contributed by atoms with Crippen LogP contribution < -0.4 is 10.6 Å². The molecule has 2 N–H and O–H groups in total. The van der Waals surface area contributed by atoms with Crippen molar-refractivity contribution in [2.75, 3.05) is 51.1 Å². The zero-order valence-electron chi connectivity index (χ0n) is 14.1. The summed E-state index contributed by atoms with van der Waals surface area (Å²) in [5.41, 5.74) is 0.544. The van der Waals surface area contributed by atoms with Crippen LogP contribution >= 0.6 is 0 Å². The van der Waals surface area contributed by atoms with Crippen LogP contribution in [0, 0.1) is 17.2 Å². The van der Waals surface area contributed by atoms with Crippen molar-refractivity contribution in [1.29, 1.82) is 5.26 Å². The lowest BCUT2D eigenvalue weighted by atomic mass is 10.1. The van der Waals surface area contributed by atoms with Crippen LogP contribution in [-0.2, 0) is 9.59 Å². The number of amides is 2. The quantitative estimate of drug-likeness (QED) is 0.758. The fourth-order valence-electron chi connectivity index (χ4n) is 3.18. The molecule has 3 heterocycles. The summed E-state index contributed by atoms with van der Waals surface area (Å²) in [6, 6.07) is 5.59. The van der Waals surface area contributed by atoms with Gasteiger partial charge in [-0.05, 0) is 31.0 Å². The molecule has 2 amide bonds. The molecule has 0 bridgehead atoms. The normalized spacial score (nSPS) is 20.8. The van der Waals surface area contributed by atoms with Crippen LogP contribution in [0.25, 0.3) is 0 Å². The van der Waals surface area contributed by atoms with Crippen molar-refractivity contribution in [3.8, 4) is 6.07 Å². The van der Waals surface area contributed by atoms with Gasteiger partial charge in [-0.2, -0.15) is 5.26 Å². The van der Waals surface area contributed by atoms with Gasteiger partial charge in [0, 0.05) is 32.4 Å². The number of anilines is 1. The van der Waals surface area contributed by atoms with Crippen molar-refractivity contribution >= 4 is 17.6 Å². The number of pyridine rings is 1. The van der Waals surface area contributed by atoms with Crippen LogP contribution in [0.3, 0.4) is 0 Å². The van der Waals surface area contributed by atoms with Crippen LogP contribution in [0.1, 0.15) is 12.0 Å². The molecule has 1 aromatic rings. The lowest BCUT2D eigenvalue weighted by molar-refractivity contribution is -0.138. The molecule has 2 fully saturated rings. The molecule has 0 aliphatic carbocycles. The van der Waals surface area contributed by atoms with Gasteiger partial charge in [-0.15, -0.1) is 0 Å². The Labute approximate surface area is 146 Å². The first-order valence-corrected chi connectivity index (χ1v) is 8.51. The topological polar surface area (TPSA) is 101 Å². The zero-order chi connectivity index (χ0) is 17.6. The molecule has 1 aromatic heterocycles. The third-order valence-corrected chi connectivity index (χ3v) is 4.58. The molecule has 132 valence electrons. The van der Waals surface area contributed by atoms with Gasteiger partial charge >= 0.3 is 0 Å². The molecule has 2 saturated heterocycles. The second kappa shape index (κ2) is 7.94. The van der Waals surface area contributed by atoms with Crippen LogP contribution in [-0.4, -0.2) is 72.4 Å². The van der Waals surface area contributed by atoms with E-state index in [-0.39, 0.29) is 18.4 Å². The minimum atomic E-state index is -0.0852. The van der Waals surface area contributed by atoms with E-state index in [0.717, 1.165) is 31.9 Å². The van der Waals surface area contributed by atoms with E-state index in [0.29, 0.717) is 31.1 Å². The average molecular weight is 342 g/mol. The van der Waals surface area contributed by atoms with Gasteiger partial charge in [0.15, 0.2) is 0 Å².